The molecule has 0 unspecified atom stereocenters. The minimum atomic E-state index is -0.783. The van der Waals surface area contributed by atoms with E-state index in [0.29, 0.717) is 18.0 Å². The fourth-order valence-electron chi connectivity index (χ4n) is 2.79. The van der Waals surface area contributed by atoms with E-state index in [1.807, 2.05) is 30.0 Å². The second-order valence-corrected chi connectivity index (χ2v) is 6.13. The zero-order valence-electron chi connectivity index (χ0n) is 12.6. The summed E-state index contributed by atoms with van der Waals surface area (Å²) in [7, 11) is 0. The van der Waals surface area contributed by atoms with Crippen molar-refractivity contribution >= 4 is 23.5 Å². The van der Waals surface area contributed by atoms with Gasteiger partial charge in [0, 0.05) is 11.6 Å². The molecule has 1 aromatic carbocycles. The van der Waals surface area contributed by atoms with Crippen LogP contribution in [0, 0.1) is 5.92 Å². The lowest BCUT2D eigenvalue weighted by Crippen LogP contribution is -2.44. The number of nitrogens with one attached hydrogen (secondary N) is 1. The number of piperidine rings is 1. The second-order valence-electron chi connectivity index (χ2n) is 5.72. The topological polar surface area (TPSA) is 69.6 Å². The molecule has 1 amide bonds. The van der Waals surface area contributed by atoms with Crippen molar-refractivity contribution in [3.8, 4) is 0 Å². The van der Waals surface area contributed by atoms with Gasteiger partial charge in [-0.1, -0.05) is 29.8 Å². The minimum absolute atomic E-state index is 0.113. The van der Waals surface area contributed by atoms with Gasteiger partial charge in [0.25, 0.3) is 0 Å². The molecule has 1 aliphatic rings. The van der Waals surface area contributed by atoms with Crippen LogP contribution in [0.3, 0.4) is 0 Å². The van der Waals surface area contributed by atoms with Crippen LogP contribution in [0.15, 0.2) is 24.3 Å². The number of carboxylic acids is 1. The van der Waals surface area contributed by atoms with Gasteiger partial charge >= 0.3 is 5.97 Å². The molecule has 120 valence electrons. The van der Waals surface area contributed by atoms with Crippen molar-refractivity contribution in [2.24, 2.45) is 5.92 Å². The summed E-state index contributed by atoms with van der Waals surface area (Å²) in [5.74, 6) is -1.27. The van der Waals surface area contributed by atoms with Gasteiger partial charge in [-0.05, 0) is 37.9 Å². The first-order valence-corrected chi connectivity index (χ1v) is 7.84. The van der Waals surface area contributed by atoms with Gasteiger partial charge in [-0.3, -0.25) is 14.5 Å². The number of carbonyl (C=O) groups is 2. The Kier molecular flexibility index (Phi) is 5.80. The predicted octanol–water partition coefficient (Wildman–Crippen LogP) is 2.31. The molecular weight excluding hydrogens is 304 g/mol. The van der Waals surface area contributed by atoms with E-state index in [0.717, 1.165) is 18.5 Å². The molecule has 0 radical (unpaired) electrons. The van der Waals surface area contributed by atoms with E-state index in [9.17, 15) is 9.59 Å². The Hall–Kier alpha value is -1.59. The molecule has 6 heteroatoms. The maximum Gasteiger partial charge on any atom is 0.307 e. The Labute approximate surface area is 135 Å². The maximum absolute atomic E-state index is 12.1. The lowest BCUT2D eigenvalue weighted by atomic mass is 9.98. The molecule has 0 aliphatic carbocycles. The number of aliphatic carboxylic acids is 1. The third-order valence-corrected chi connectivity index (χ3v) is 4.32. The summed E-state index contributed by atoms with van der Waals surface area (Å²) in [5.41, 5.74) is 0.875. The molecule has 5 nitrogen and oxygen atoms in total. The quantitative estimate of drug-likeness (QED) is 0.872. The van der Waals surface area contributed by atoms with Crippen molar-refractivity contribution in [3.63, 3.8) is 0 Å². The lowest BCUT2D eigenvalue weighted by Gasteiger charge is -2.30. The Morgan fingerprint density at radius 3 is 2.86 bits per heavy atom. The highest BCUT2D eigenvalue weighted by Crippen LogP contribution is 2.22. The number of likely N-dealkylation sites (tertiary alicyclic amines) is 1. The molecule has 0 spiro atoms. The van der Waals surface area contributed by atoms with E-state index in [-0.39, 0.29) is 24.4 Å². The summed E-state index contributed by atoms with van der Waals surface area (Å²) in [4.78, 5) is 25.1. The van der Waals surface area contributed by atoms with Crippen molar-refractivity contribution in [2.75, 3.05) is 19.6 Å². The standard InChI is InChI=1S/C16H21ClN2O3/c1-11(13-6-2-3-7-14(13)17)18-15(20)10-19-8-4-5-12(9-19)16(21)22/h2-3,6-7,11-12H,4-5,8-10H2,1H3,(H,18,20)(H,21,22)/t11-,12+/m1/s1. The summed E-state index contributed by atoms with van der Waals surface area (Å²) in [6, 6.07) is 7.23. The molecule has 1 aliphatic heterocycles. The smallest absolute Gasteiger partial charge is 0.307 e. The average molecular weight is 325 g/mol. The number of nitrogens with zero attached hydrogens (tertiary/aromatic N) is 1. The third kappa shape index (κ3) is 4.45. The zero-order valence-corrected chi connectivity index (χ0v) is 13.3. The highest BCUT2D eigenvalue weighted by molar-refractivity contribution is 6.31. The monoisotopic (exact) mass is 324 g/mol. The minimum Gasteiger partial charge on any atom is -0.481 e. The van der Waals surface area contributed by atoms with Gasteiger partial charge in [0.1, 0.15) is 0 Å². The summed E-state index contributed by atoms with van der Waals surface area (Å²) in [5, 5.41) is 12.6. The molecule has 0 bridgehead atoms. The summed E-state index contributed by atoms with van der Waals surface area (Å²) < 4.78 is 0. The zero-order chi connectivity index (χ0) is 16.1. The first-order chi connectivity index (χ1) is 10.5. The number of halogens is 1. The van der Waals surface area contributed by atoms with Crippen LogP contribution >= 0.6 is 11.6 Å². The van der Waals surface area contributed by atoms with Crippen LogP contribution in [0.25, 0.3) is 0 Å². The Morgan fingerprint density at radius 1 is 1.45 bits per heavy atom. The van der Waals surface area contributed by atoms with Crippen LogP contribution in [-0.2, 0) is 9.59 Å². The van der Waals surface area contributed by atoms with Crippen molar-refractivity contribution in [2.45, 2.75) is 25.8 Å². The number of hydrogen-bond donors (Lipinski definition) is 2. The summed E-state index contributed by atoms with van der Waals surface area (Å²) >= 11 is 6.12. The molecule has 22 heavy (non-hydrogen) atoms. The highest BCUT2D eigenvalue weighted by Gasteiger charge is 2.26. The summed E-state index contributed by atoms with van der Waals surface area (Å²) in [6.07, 6.45) is 1.49. The van der Waals surface area contributed by atoms with E-state index in [1.54, 1.807) is 6.07 Å². The van der Waals surface area contributed by atoms with Crippen LogP contribution < -0.4 is 5.32 Å². The Morgan fingerprint density at radius 2 is 2.18 bits per heavy atom. The van der Waals surface area contributed by atoms with Gasteiger partial charge < -0.3 is 10.4 Å². The number of hydrogen-bond acceptors (Lipinski definition) is 3. The molecule has 0 saturated carbocycles. The molecule has 1 aromatic rings. The fourth-order valence-corrected chi connectivity index (χ4v) is 3.09. The third-order valence-electron chi connectivity index (χ3n) is 3.97. The molecule has 0 aromatic heterocycles. The Balaban J connectivity index is 1.87. The van der Waals surface area contributed by atoms with Crippen LogP contribution in [0.2, 0.25) is 5.02 Å². The average Bonchev–Trinajstić information content (AvgIpc) is 2.47. The van der Waals surface area contributed by atoms with Gasteiger partial charge in [-0.15, -0.1) is 0 Å². The summed E-state index contributed by atoms with van der Waals surface area (Å²) in [6.45, 7) is 3.30. The number of benzene rings is 1. The van der Waals surface area contributed by atoms with Gasteiger partial charge in [0.05, 0.1) is 18.5 Å². The molecule has 1 fully saturated rings. The number of amides is 1. The first-order valence-electron chi connectivity index (χ1n) is 7.46. The molecule has 1 saturated heterocycles. The van der Waals surface area contributed by atoms with Crippen LogP contribution in [-0.4, -0.2) is 41.5 Å². The van der Waals surface area contributed by atoms with Crippen molar-refractivity contribution in [3.05, 3.63) is 34.9 Å². The highest BCUT2D eigenvalue weighted by atomic mass is 35.5. The Bertz CT molecular complexity index is 550. The SMILES string of the molecule is C[C@@H](NC(=O)CN1CCC[C@H](C(=O)O)C1)c1ccccc1Cl. The molecule has 2 rings (SSSR count). The molecular formula is C16H21ClN2O3. The predicted molar refractivity (Wildman–Crippen MR) is 84.8 cm³/mol. The number of carboxylic acid groups (broad SMARTS) is 1. The van der Waals surface area contributed by atoms with Gasteiger partial charge in [-0.2, -0.15) is 0 Å². The van der Waals surface area contributed by atoms with E-state index in [2.05, 4.69) is 5.32 Å². The van der Waals surface area contributed by atoms with E-state index < -0.39 is 5.97 Å². The van der Waals surface area contributed by atoms with E-state index in [1.165, 1.54) is 0 Å². The normalized spacial score (nSPS) is 20.4. The lowest BCUT2D eigenvalue weighted by molar-refractivity contribution is -0.144. The maximum atomic E-state index is 12.1. The van der Waals surface area contributed by atoms with Crippen molar-refractivity contribution < 1.29 is 14.7 Å². The van der Waals surface area contributed by atoms with Crippen LogP contribution in [0.4, 0.5) is 0 Å². The van der Waals surface area contributed by atoms with Gasteiger partial charge in [-0.25, -0.2) is 0 Å². The fraction of sp³-hybridized carbons (Fsp3) is 0.500. The second kappa shape index (κ2) is 7.61. The van der Waals surface area contributed by atoms with Crippen LogP contribution in [0.5, 0.6) is 0 Å². The molecule has 2 atom stereocenters. The van der Waals surface area contributed by atoms with E-state index in [4.69, 9.17) is 16.7 Å². The molecule has 1 heterocycles. The van der Waals surface area contributed by atoms with Gasteiger partial charge in [0.2, 0.25) is 5.91 Å². The van der Waals surface area contributed by atoms with E-state index >= 15 is 0 Å². The van der Waals surface area contributed by atoms with Crippen molar-refractivity contribution in [1.29, 1.82) is 0 Å². The van der Waals surface area contributed by atoms with Crippen LogP contribution in [0.1, 0.15) is 31.4 Å². The van der Waals surface area contributed by atoms with Gasteiger partial charge in [0.15, 0.2) is 0 Å². The first kappa shape index (κ1) is 16.8. The molecule has 2 N–H and O–H groups in total. The largest absolute Gasteiger partial charge is 0.481 e. The van der Waals surface area contributed by atoms with Crippen molar-refractivity contribution in [1.82, 2.24) is 10.2 Å². The number of rotatable bonds is 5. The number of carbonyl (C=O) groups excluding carboxylic acids is 1.